The number of halogens is 1. The average molecular weight is 254 g/mol. The summed E-state index contributed by atoms with van der Waals surface area (Å²) < 4.78 is 0. The Balaban J connectivity index is 1.91. The van der Waals surface area contributed by atoms with Crippen molar-refractivity contribution in [2.45, 2.75) is 32.6 Å². The number of alkyl halides is 1. The van der Waals surface area contributed by atoms with Gasteiger partial charge >= 0.3 is 0 Å². The third-order valence-corrected chi connectivity index (χ3v) is 3.50. The summed E-state index contributed by atoms with van der Waals surface area (Å²) in [5.74, 6) is 1.44. The van der Waals surface area contributed by atoms with Crippen LogP contribution in [-0.4, -0.2) is 19.0 Å². The molecular formula is C15H24ClN. The van der Waals surface area contributed by atoms with Crippen molar-refractivity contribution in [3.05, 3.63) is 35.9 Å². The summed E-state index contributed by atoms with van der Waals surface area (Å²) in [6, 6.07) is 10.7. The maximum absolute atomic E-state index is 5.76. The topological polar surface area (TPSA) is 12.0 Å². The van der Waals surface area contributed by atoms with E-state index in [-0.39, 0.29) is 0 Å². The highest BCUT2D eigenvalue weighted by Crippen LogP contribution is 2.06. The van der Waals surface area contributed by atoms with E-state index in [1.807, 2.05) is 0 Å². The van der Waals surface area contributed by atoms with Crippen LogP contribution in [-0.2, 0) is 6.42 Å². The minimum Gasteiger partial charge on any atom is -0.317 e. The number of nitrogens with one attached hydrogen (secondary N) is 1. The number of benzene rings is 1. The molecule has 1 aromatic carbocycles. The zero-order valence-corrected chi connectivity index (χ0v) is 11.5. The van der Waals surface area contributed by atoms with Gasteiger partial charge in [-0.15, -0.1) is 11.6 Å². The molecule has 0 heterocycles. The second-order valence-corrected chi connectivity index (χ2v) is 5.05. The molecule has 96 valence electrons. The van der Waals surface area contributed by atoms with Gasteiger partial charge in [0.05, 0.1) is 0 Å². The van der Waals surface area contributed by atoms with Crippen LogP contribution >= 0.6 is 11.6 Å². The normalized spacial score (nSPS) is 12.6. The standard InChI is InChI=1S/C15H24ClN/c1-14(13-16)7-5-11-17-12-6-10-15-8-3-2-4-9-15/h2-4,8-9,14,17H,5-7,10-13H2,1H3. The van der Waals surface area contributed by atoms with E-state index in [1.54, 1.807) is 0 Å². The summed E-state index contributed by atoms with van der Waals surface area (Å²) in [4.78, 5) is 0. The van der Waals surface area contributed by atoms with Crippen molar-refractivity contribution >= 4 is 11.6 Å². The van der Waals surface area contributed by atoms with Gasteiger partial charge in [-0.1, -0.05) is 37.3 Å². The first-order valence-corrected chi connectivity index (χ1v) is 7.17. The lowest BCUT2D eigenvalue weighted by Gasteiger charge is -2.08. The van der Waals surface area contributed by atoms with Crippen molar-refractivity contribution in [3.8, 4) is 0 Å². The van der Waals surface area contributed by atoms with Crippen LogP contribution < -0.4 is 5.32 Å². The third-order valence-electron chi connectivity index (χ3n) is 2.98. The van der Waals surface area contributed by atoms with E-state index < -0.39 is 0 Å². The Morgan fingerprint density at radius 3 is 2.53 bits per heavy atom. The van der Waals surface area contributed by atoms with Gasteiger partial charge in [-0.2, -0.15) is 0 Å². The van der Waals surface area contributed by atoms with Crippen LogP contribution in [0.3, 0.4) is 0 Å². The molecule has 0 saturated carbocycles. The fourth-order valence-electron chi connectivity index (χ4n) is 1.84. The van der Waals surface area contributed by atoms with Crippen LogP contribution in [0.4, 0.5) is 0 Å². The Bertz CT molecular complexity index is 274. The molecule has 17 heavy (non-hydrogen) atoms. The maximum Gasteiger partial charge on any atom is 0.0249 e. The third kappa shape index (κ3) is 7.40. The molecule has 2 heteroatoms. The van der Waals surface area contributed by atoms with E-state index in [2.05, 4.69) is 42.6 Å². The highest BCUT2D eigenvalue weighted by Gasteiger charge is 1.98. The van der Waals surface area contributed by atoms with Gasteiger partial charge in [-0.05, 0) is 50.3 Å². The molecule has 0 aromatic heterocycles. The predicted octanol–water partition coefficient (Wildman–Crippen LogP) is 3.86. The van der Waals surface area contributed by atoms with Crippen molar-refractivity contribution in [2.24, 2.45) is 5.92 Å². The van der Waals surface area contributed by atoms with Crippen molar-refractivity contribution < 1.29 is 0 Å². The Morgan fingerprint density at radius 2 is 1.82 bits per heavy atom. The number of hydrogen-bond donors (Lipinski definition) is 1. The SMILES string of the molecule is CC(CCl)CCCNCCCc1ccccc1. The van der Waals surface area contributed by atoms with Gasteiger partial charge in [-0.25, -0.2) is 0 Å². The monoisotopic (exact) mass is 253 g/mol. The highest BCUT2D eigenvalue weighted by molar-refractivity contribution is 6.18. The van der Waals surface area contributed by atoms with Gasteiger partial charge < -0.3 is 5.32 Å². The van der Waals surface area contributed by atoms with Gasteiger partial charge in [0.15, 0.2) is 0 Å². The molecule has 1 atom stereocenters. The van der Waals surface area contributed by atoms with E-state index in [9.17, 15) is 0 Å². The van der Waals surface area contributed by atoms with Crippen LogP contribution in [0.2, 0.25) is 0 Å². The van der Waals surface area contributed by atoms with E-state index in [0.29, 0.717) is 5.92 Å². The van der Waals surface area contributed by atoms with E-state index >= 15 is 0 Å². The molecule has 1 N–H and O–H groups in total. The summed E-state index contributed by atoms with van der Waals surface area (Å²) in [5.41, 5.74) is 1.44. The molecule has 0 aliphatic rings. The van der Waals surface area contributed by atoms with Crippen molar-refractivity contribution in [1.82, 2.24) is 5.32 Å². The van der Waals surface area contributed by atoms with Crippen molar-refractivity contribution in [1.29, 1.82) is 0 Å². The molecule has 1 aromatic rings. The minimum atomic E-state index is 0.655. The summed E-state index contributed by atoms with van der Waals surface area (Å²) >= 11 is 5.76. The largest absolute Gasteiger partial charge is 0.317 e. The van der Waals surface area contributed by atoms with E-state index in [1.165, 1.54) is 31.2 Å². The fourth-order valence-corrected chi connectivity index (χ4v) is 1.99. The summed E-state index contributed by atoms with van der Waals surface area (Å²) in [5, 5.41) is 3.49. The molecule has 1 rings (SSSR count). The molecule has 0 spiro atoms. The Kier molecular flexibility index (Phi) is 8.12. The molecule has 0 amide bonds. The first-order valence-electron chi connectivity index (χ1n) is 6.63. The van der Waals surface area contributed by atoms with Crippen molar-refractivity contribution in [2.75, 3.05) is 19.0 Å². The van der Waals surface area contributed by atoms with Crippen LogP contribution in [0.15, 0.2) is 30.3 Å². The van der Waals surface area contributed by atoms with Crippen LogP contribution in [0.25, 0.3) is 0 Å². The molecule has 0 aliphatic carbocycles. The average Bonchev–Trinajstić information content (AvgIpc) is 2.38. The van der Waals surface area contributed by atoms with E-state index in [0.717, 1.165) is 19.0 Å². The van der Waals surface area contributed by atoms with Crippen LogP contribution in [0.1, 0.15) is 31.7 Å². The zero-order chi connectivity index (χ0) is 12.3. The van der Waals surface area contributed by atoms with E-state index in [4.69, 9.17) is 11.6 Å². The summed E-state index contributed by atoms with van der Waals surface area (Å²) in [6.07, 6.45) is 4.86. The molecule has 0 fully saturated rings. The van der Waals surface area contributed by atoms with Gasteiger partial charge in [0.2, 0.25) is 0 Å². The summed E-state index contributed by atoms with van der Waals surface area (Å²) in [7, 11) is 0. The first kappa shape index (κ1) is 14.5. The Labute approximate surface area is 111 Å². The lowest BCUT2D eigenvalue weighted by Crippen LogP contribution is -2.18. The fraction of sp³-hybridized carbons (Fsp3) is 0.600. The lowest BCUT2D eigenvalue weighted by atomic mass is 10.1. The van der Waals surface area contributed by atoms with Gasteiger partial charge in [0, 0.05) is 5.88 Å². The number of aryl methyl sites for hydroxylation is 1. The highest BCUT2D eigenvalue weighted by atomic mass is 35.5. The lowest BCUT2D eigenvalue weighted by molar-refractivity contribution is 0.528. The number of hydrogen-bond acceptors (Lipinski definition) is 1. The Morgan fingerprint density at radius 1 is 1.12 bits per heavy atom. The zero-order valence-electron chi connectivity index (χ0n) is 10.8. The second-order valence-electron chi connectivity index (χ2n) is 4.74. The second kappa shape index (κ2) is 9.49. The predicted molar refractivity (Wildman–Crippen MR) is 76.8 cm³/mol. The molecular weight excluding hydrogens is 230 g/mol. The smallest absolute Gasteiger partial charge is 0.0249 e. The first-order chi connectivity index (χ1) is 8.33. The molecule has 1 unspecified atom stereocenters. The molecule has 0 bridgehead atoms. The van der Waals surface area contributed by atoms with Gasteiger partial charge in [0.25, 0.3) is 0 Å². The van der Waals surface area contributed by atoms with Crippen molar-refractivity contribution in [3.63, 3.8) is 0 Å². The van der Waals surface area contributed by atoms with Gasteiger partial charge in [-0.3, -0.25) is 0 Å². The van der Waals surface area contributed by atoms with Crippen LogP contribution in [0.5, 0.6) is 0 Å². The summed E-state index contributed by atoms with van der Waals surface area (Å²) in [6.45, 7) is 4.45. The number of rotatable bonds is 9. The quantitative estimate of drug-likeness (QED) is 0.521. The molecule has 1 nitrogen and oxygen atoms in total. The Hall–Kier alpha value is -0.530. The minimum absolute atomic E-state index is 0.655. The molecule has 0 aliphatic heterocycles. The maximum atomic E-state index is 5.76. The van der Waals surface area contributed by atoms with Crippen LogP contribution in [0, 0.1) is 5.92 Å². The molecule has 0 radical (unpaired) electrons. The van der Waals surface area contributed by atoms with Gasteiger partial charge in [0.1, 0.15) is 0 Å². The molecule has 0 saturated heterocycles.